The second kappa shape index (κ2) is 6.03. The lowest BCUT2D eigenvalue weighted by Crippen LogP contribution is -2.49. The van der Waals surface area contributed by atoms with Crippen LogP contribution < -0.4 is 0 Å². The third kappa shape index (κ3) is 2.99. The summed E-state index contributed by atoms with van der Waals surface area (Å²) in [6.45, 7) is 0. The zero-order valence-corrected chi connectivity index (χ0v) is 14.4. The number of aryl methyl sites for hydroxylation is 1. The Labute approximate surface area is 139 Å². The van der Waals surface area contributed by atoms with Crippen LogP contribution in [0.15, 0.2) is 35.3 Å². The zero-order chi connectivity index (χ0) is 15.0. The molecule has 0 spiro atoms. The molecule has 4 fully saturated rings. The quantitative estimate of drug-likeness (QED) is 0.539. The Kier molecular flexibility index (Phi) is 4.06. The van der Waals surface area contributed by atoms with E-state index in [1.807, 2.05) is 11.8 Å². The van der Waals surface area contributed by atoms with E-state index in [-0.39, 0.29) is 0 Å². The Morgan fingerprint density at radius 2 is 1.64 bits per heavy atom. The Balaban J connectivity index is 1.47. The normalized spacial score (nSPS) is 36.8. The third-order valence-electron chi connectivity index (χ3n) is 6.07. The Bertz CT molecular complexity index is 513. The summed E-state index contributed by atoms with van der Waals surface area (Å²) in [6, 6.07) is 10.9. The molecule has 0 atom stereocenters. The summed E-state index contributed by atoms with van der Waals surface area (Å²) < 4.78 is 0. The number of rotatable bonds is 4. The van der Waals surface area contributed by atoms with Crippen LogP contribution in [0.2, 0.25) is 0 Å². The number of hydrogen-bond donors (Lipinski definition) is 0. The van der Waals surface area contributed by atoms with Crippen molar-refractivity contribution >= 4 is 16.8 Å². The molecule has 5 rings (SSSR count). The molecule has 0 heterocycles. The maximum atomic E-state index is 5.38. The van der Waals surface area contributed by atoms with Crippen LogP contribution in [0.4, 0.5) is 0 Å². The van der Waals surface area contributed by atoms with Crippen molar-refractivity contribution in [3.05, 3.63) is 35.9 Å². The average Bonchev–Trinajstić information content (AvgIpc) is 2.51. The largest absolute Gasteiger partial charge is 0.276 e. The molecule has 1 aromatic rings. The minimum atomic E-state index is 0.337. The van der Waals surface area contributed by atoms with Crippen molar-refractivity contribution in [1.82, 2.24) is 0 Å². The van der Waals surface area contributed by atoms with E-state index in [2.05, 4.69) is 36.6 Å². The van der Waals surface area contributed by atoms with Gasteiger partial charge in [0.05, 0.1) is 10.6 Å². The predicted octanol–water partition coefficient (Wildman–Crippen LogP) is 5.35. The lowest BCUT2D eigenvalue weighted by Gasteiger charge is -2.55. The van der Waals surface area contributed by atoms with E-state index in [1.54, 1.807) is 0 Å². The molecule has 1 aromatic carbocycles. The van der Waals surface area contributed by atoms with Crippen LogP contribution in [-0.2, 0) is 6.42 Å². The highest BCUT2D eigenvalue weighted by Gasteiger charge is 2.51. The van der Waals surface area contributed by atoms with E-state index in [9.17, 15) is 0 Å². The molecular formula is C20H27NS. The van der Waals surface area contributed by atoms with Crippen molar-refractivity contribution in [1.29, 1.82) is 0 Å². The Hall–Kier alpha value is -0.760. The summed E-state index contributed by atoms with van der Waals surface area (Å²) in [6.07, 6.45) is 13.1. The average molecular weight is 314 g/mol. The third-order valence-corrected chi connectivity index (χ3v) is 6.84. The van der Waals surface area contributed by atoms with Crippen LogP contribution >= 0.6 is 11.8 Å². The van der Waals surface area contributed by atoms with Crippen LogP contribution in [-0.4, -0.2) is 16.8 Å². The summed E-state index contributed by atoms with van der Waals surface area (Å²) in [7, 11) is 0. The van der Waals surface area contributed by atoms with E-state index in [1.165, 1.54) is 49.1 Å². The molecule has 118 valence electrons. The smallest absolute Gasteiger partial charge is 0.0683 e. The topological polar surface area (TPSA) is 12.4 Å². The van der Waals surface area contributed by atoms with Crippen molar-refractivity contribution in [3.63, 3.8) is 0 Å². The van der Waals surface area contributed by atoms with Crippen LogP contribution in [0.1, 0.15) is 50.5 Å². The first kappa shape index (κ1) is 14.8. The van der Waals surface area contributed by atoms with Gasteiger partial charge in [-0.15, -0.1) is 11.8 Å². The number of hydrogen-bond acceptors (Lipinski definition) is 2. The summed E-state index contributed by atoms with van der Waals surface area (Å²) in [4.78, 5) is 5.38. The number of aliphatic imine (C=N–C) groups is 1. The Morgan fingerprint density at radius 3 is 2.18 bits per heavy atom. The maximum absolute atomic E-state index is 5.38. The molecule has 4 bridgehead atoms. The summed E-state index contributed by atoms with van der Waals surface area (Å²) in [5, 5.41) is 1.39. The highest BCUT2D eigenvalue weighted by atomic mass is 32.2. The molecule has 22 heavy (non-hydrogen) atoms. The predicted molar refractivity (Wildman–Crippen MR) is 96.6 cm³/mol. The molecule has 0 radical (unpaired) electrons. The van der Waals surface area contributed by atoms with Gasteiger partial charge >= 0.3 is 0 Å². The zero-order valence-electron chi connectivity index (χ0n) is 13.6. The fraction of sp³-hybridized carbons (Fsp3) is 0.650. The summed E-state index contributed by atoms with van der Waals surface area (Å²) >= 11 is 1.89. The van der Waals surface area contributed by atoms with Crippen LogP contribution in [0.3, 0.4) is 0 Å². The van der Waals surface area contributed by atoms with Gasteiger partial charge in [-0.25, -0.2) is 0 Å². The van der Waals surface area contributed by atoms with Gasteiger partial charge in [0.15, 0.2) is 0 Å². The molecular weight excluding hydrogens is 286 g/mol. The number of benzene rings is 1. The van der Waals surface area contributed by atoms with Crippen molar-refractivity contribution < 1.29 is 0 Å². The molecule has 0 aliphatic heterocycles. The van der Waals surface area contributed by atoms with Gasteiger partial charge < -0.3 is 0 Å². The lowest BCUT2D eigenvalue weighted by molar-refractivity contribution is 0.00176. The first-order chi connectivity index (χ1) is 10.7. The van der Waals surface area contributed by atoms with Crippen molar-refractivity contribution in [2.45, 2.75) is 56.9 Å². The van der Waals surface area contributed by atoms with Crippen molar-refractivity contribution in [3.8, 4) is 0 Å². The fourth-order valence-electron chi connectivity index (χ4n) is 5.57. The number of thioether (sulfide) groups is 1. The van der Waals surface area contributed by atoms with E-state index >= 15 is 0 Å². The van der Waals surface area contributed by atoms with Gasteiger partial charge in [0.2, 0.25) is 0 Å². The molecule has 0 N–H and O–H groups in total. The summed E-state index contributed by atoms with van der Waals surface area (Å²) in [5.41, 5.74) is 1.78. The first-order valence-corrected chi connectivity index (χ1v) is 10.1. The van der Waals surface area contributed by atoms with Crippen LogP contribution in [0.25, 0.3) is 0 Å². The maximum Gasteiger partial charge on any atom is 0.0683 e. The highest BCUT2D eigenvalue weighted by Crippen LogP contribution is 2.57. The minimum absolute atomic E-state index is 0.337. The van der Waals surface area contributed by atoms with E-state index < -0.39 is 0 Å². The Morgan fingerprint density at radius 1 is 1.05 bits per heavy atom. The first-order valence-electron chi connectivity index (χ1n) is 8.91. The lowest BCUT2D eigenvalue weighted by atomic mass is 9.53. The number of nitrogens with zero attached hydrogens (tertiary/aromatic N) is 1. The molecule has 4 saturated carbocycles. The second-order valence-electron chi connectivity index (χ2n) is 7.84. The summed E-state index contributed by atoms with van der Waals surface area (Å²) in [5.74, 6) is 2.98. The standard InChI is InChI=1S/C20H27NS/c1-22-19(8-7-15-5-3-2-4-6-15)21-20-12-16-9-17(13-20)11-18(10-16)14-20/h2-6,16-18H,7-14H2,1H3. The monoisotopic (exact) mass is 313 g/mol. The van der Waals surface area contributed by atoms with E-state index in [0.717, 1.165) is 30.6 Å². The van der Waals surface area contributed by atoms with Crippen LogP contribution in [0, 0.1) is 17.8 Å². The molecule has 1 nitrogen and oxygen atoms in total. The van der Waals surface area contributed by atoms with Crippen molar-refractivity contribution in [2.24, 2.45) is 22.7 Å². The molecule has 4 aliphatic rings. The van der Waals surface area contributed by atoms with E-state index in [4.69, 9.17) is 4.99 Å². The highest BCUT2D eigenvalue weighted by molar-refractivity contribution is 8.13. The van der Waals surface area contributed by atoms with Gasteiger partial charge in [0.25, 0.3) is 0 Å². The van der Waals surface area contributed by atoms with Gasteiger partial charge in [-0.1, -0.05) is 30.3 Å². The van der Waals surface area contributed by atoms with Gasteiger partial charge in [-0.3, -0.25) is 4.99 Å². The molecule has 0 aromatic heterocycles. The van der Waals surface area contributed by atoms with Crippen molar-refractivity contribution in [2.75, 3.05) is 6.26 Å². The van der Waals surface area contributed by atoms with Gasteiger partial charge in [-0.05, 0) is 80.9 Å². The van der Waals surface area contributed by atoms with E-state index in [0.29, 0.717) is 5.54 Å². The minimum Gasteiger partial charge on any atom is -0.276 e. The van der Waals surface area contributed by atoms with Gasteiger partial charge in [0, 0.05) is 0 Å². The molecule has 4 aliphatic carbocycles. The van der Waals surface area contributed by atoms with Gasteiger partial charge in [-0.2, -0.15) is 0 Å². The second-order valence-corrected chi connectivity index (χ2v) is 8.72. The molecule has 0 amide bonds. The van der Waals surface area contributed by atoms with Crippen LogP contribution in [0.5, 0.6) is 0 Å². The molecule has 0 unspecified atom stereocenters. The van der Waals surface area contributed by atoms with Gasteiger partial charge in [0.1, 0.15) is 0 Å². The molecule has 0 saturated heterocycles. The fourth-order valence-corrected chi connectivity index (χ4v) is 6.16. The molecule has 2 heteroatoms. The SMILES string of the molecule is CSC(CCc1ccccc1)=NC12CC3CC(CC(C3)C1)C2.